The van der Waals surface area contributed by atoms with Crippen LogP contribution in [0.3, 0.4) is 0 Å². The van der Waals surface area contributed by atoms with E-state index in [9.17, 15) is 4.79 Å². The zero-order chi connectivity index (χ0) is 11.1. The first-order valence-corrected chi connectivity index (χ1v) is 5.57. The van der Waals surface area contributed by atoms with Crippen LogP contribution in [0.15, 0.2) is 6.20 Å². The predicted octanol–water partition coefficient (Wildman–Crippen LogP) is 2.54. The van der Waals surface area contributed by atoms with Crippen LogP contribution in [-0.4, -0.2) is 16.0 Å². The van der Waals surface area contributed by atoms with Crippen LogP contribution in [0.25, 0.3) is 0 Å². The molecule has 1 rings (SSSR count). The molecule has 4 nitrogen and oxygen atoms in total. The number of rotatable bonds is 7. The number of hydrogen-bond acceptors (Lipinski definition) is 3. The van der Waals surface area contributed by atoms with Gasteiger partial charge in [-0.05, 0) is 6.42 Å². The maximum Gasteiger partial charge on any atom is 0.168 e. The van der Waals surface area contributed by atoms with Gasteiger partial charge in [-0.1, -0.05) is 32.6 Å². The van der Waals surface area contributed by atoms with Gasteiger partial charge in [0.2, 0.25) is 0 Å². The Hall–Kier alpha value is -1.32. The second-order valence-electron chi connectivity index (χ2n) is 3.78. The Kier molecular flexibility index (Phi) is 4.87. The van der Waals surface area contributed by atoms with Gasteiger partial charge in [-0.15, -0.1) is 0 Å². The lowest BCUT2D eigenvalue weighted by atomic mass is 10.1. The molecule has 0 fully saturated rings. The average Bonchev–Trinajstić information content (AvgIpc) is 2.64. The van der Waals surface area contributed by atoms with Crippen molar-refractivity contribution in [1.29, 1.82) is 0 Å². The minimum Gasteiger partial charge on any atom is -0.383 e. The first-order valence-electron chi connectivity index (χ1n) is 5.57. The van der Waals surface area contributed by atoms with E-state index in [1.807, 2.05) is 0 Å². The SMILES string of the molecule is CCCCCCCC(=O)c1cn[nH]c1N. The van der Waals surface area contributed by atoms with E-state index in [-0.39, 0.29) is 5.78 Å². The van der Waals surface area contributed by atoms with Gasteiger partial charge in [0.05, 0.1) is 11.8 Å². The molecule has 0 amide bonds. The number of unbranched alkanes of at least 4 members (excludes halogenated alkanes) is 4. The number of nitrogen functional groups attached to an aromatic ring is 1. The zero-order valence-corrected chi connectivity index (χ0v) is 9.25. The number of aromatic amines is 1. The van der Waals surface area contributed by atoms with Gasteiger partial charge >= 0.3 is 0 Å². The van der Waals surface area contributed by atoms with Crippen molar-refractivity contribution in [2.45, 2.75) is 45.4 Å². The van der Waals surface area contributed by atoms with Gasteiger partial charge in [0.1, 0.15) is 5.82 Å². The molecular formula is C11H19N3O. The number of ketones is 1. The number of aromatic nitrogens is 2. The van der Waals surface area contributed by atoms with E-state index in [0.717, 1.165) is 12.8 Å². The number of carbonyl (C=O) groups is 1. The first-order chi connectivity index (χ1) is 7.25. The molecular weight excluding hydrogens is 190 g/mol. The zero-order valence-electron chi connectivity index (χ0n) is 9.25. The summed E-state index contributed by atoms with van der Waals surface area (Å²) in [4.78, 5) is 11.6. The summed E-state index contributed by atoms with van der Waals surface area (Å²) in [7, 11) is 0. The summed E-state index contributed by atoms with van der Waals surface area (Å²) in [6.45, 7) is 2.18. The van der Waals surface area contributed by atoms with Gasteiger partial charge in [0.15, 0.2) is 5.78 Å². The molecule has 0 saturated heterocycles. The highest BCUT2D eigenvalue weighted by Crippen LogP contribution is 2.12. The summed E-state index contributed by atoms with van der Waals surface area (Å²) in [6, 6.07) is 0. The Morgan fingerprint density at radius 2 is 2.13 bits per heavy atom. The molecule has 4 heteroatoms. The second-order valence-corrected chi connectivity index (χ2v) is 3.78. The van der Waals surface area contributed by atoms with Crippen LogP contribution >= 0.6 is 0 Å². The molecule has 3 N–H and O–H groups in total. The maximum atomic E-state index is 11.6. The molecule has 0 aliphatic rings. The molecule has 0 saturated carbocycles. The Morgan fingerprint density at radius 3 is 2.73 bits per heavy atom. The van der Waals surface area contributed by atoms with Crippen LogP contribution in [0.1, 0.15) is 55.8 Å². The van der Waals surface area contributed by atoms with Gasteiger partial charge in [0, 0.05) is 6.42 Å². The highest BCUT2D eigenvalue weighted by Gasteiger charge is 2.10. The fourth-order valence-electron chi connectivity index (χ4n) is 1.54. The molecule has 1 heterocycles. The number of hydrogen-bond donors (Lipinski definition) is 2. The van der Waals surface area contributed by atoms with Crippen LogP contribution in [0, 0.1) is 0 Å². The smallest absolute Gasteiger partial charge is 0.168 e. The molecule has 0 bridgehead atoms. The molecule has 0 atom stereocenters. The monoisotopic (exact) mass is 209 g/mol. The fraction of sp³-hybridized carbons (Fsp3) is 0.636. The van der Waals surface area contributed by atoms with Crippen LogP contribution < -0.4 is 5.73 Å². The van der Waals surface area contributed by atoms with Crippen molar-refractivity contribution >= 4 is 11.6 Å². The summed E-state index contributed by atoms with van der Waals surface area (Å²) in [5.41, 5.74) is 6.09. The first kappa shape index (κ1) is 11.8. The molecule has 0 aliphatic heterocycles. The number of anilines is 1. The van der Waals surface area contributed by atoms with Gasteiger partial charge in [-0.3, -0.25) is 9.89 Å². The number of Topliss-reactive ketones (excluding diaryl/α,β-unsaturated/α-hetero) is 1. The molecule has 1 aromatic heterocycles. The lowest BCUT2D eigenvalue weighted by Crippen LogP contribution is -2.01. The molecule has 0 aliphatic carbocycles. The van der Waals surface area contributed by atoms with Crippen molar-refractivity contribution < 1.29 is 4.79 Å². The molecule has 0 aromatic carbocycles. The largest absolute Gasteiger partial charge is 0.383 e. The number of H-pyrrole nitrogens is 1. The van der Waals surface area contributed by atoms with Crippen LogP contribution in [-0.2, 0) is 0 Å². The van der Waals surface area contributed by atoms with Crippen molar-refractivity contribution in [3.05, 3.63) is 11.8 Å². The van der Waals surface area contributed by atoms with Crippen LogP contribution in [0.4, 0.5) is 5.82 Å². The van der Waals surface area contributed by atoms with E-state index >= 15 is 0 Å². The van der Waals surface area contributed by atoms with E-state index in [4.69, 9.17) is 5.73 Å². The normalized spacial score (nSPS) is 10.5. The maximum absolute atomic E-state index is 11.6. The summed E-state index contributed by atoms with van der Waals surface area (Å²) in [6.07, 6.45) is 7.84. The van der Waals surface area contributed by atoms with Crippen molar-refractivity contribution in [2.24, 2.45) is 0 Å². The highest BCUT2D eigenvalue weighted by atomic mass is 16.1. The molecule has 84 valence electrons. The number of nitrogens with zero attached hydrogens (tertiary/aromatic N) is 1. The topological polar surface area (TPSA) is 71.8 Å². The Balaban J connectivity index is 2.22. The summed E-state index contributed by atoms with van der Waals surface area (Å²) in [5.74, 6) is 0.478. The number of nitrogens with one attached hydrogen (secondary N) is 1. The molecule has 15 heavy (non-hydrogen) atoms. The van der Waals surface area contributed by atoms with Crippen molar-refractivity contribution in [3.8, 4) is 0 Å². The molecule has 0 radical (unpaired) electrons. The third kappa shape index (κ3) is 3.73. The van der Waals surface area contributed by atoms with Gasteiger partial charge < -0.3 is 5.73 Å². The minimum absolute atomic E-state index is 0.0951. The minimum atomic E-state index is 0.0951. The second kappa shape index (κ2) is 6.22. The van der Waals surface area contributed by atoms with Gasteiger partial charge in [-0.25, -0.2) is 0 Å². The van der Waals surface area contributed by atoms with E-state index in [2.05, 4.69) is 17.1 Å². The Morgan fingerprint density at radius 1 is 1.40 bits per heavy atom. The Bertz CT molecular complexity index is 307. The van der Waals surface area contributed by atoms with E-state index in [1.54, 1.807) is 0 Å². The van der Waals surface area contributed by atoms with Crippen molar-refractivity contribution in [1.82, 2.24) is 10.2 Å². The number of nitrogens with two attached hydrogens (primary N) is 1. The average molecular weight is 209 g/mol. The summed E-state index contributed by atoms with van der Waals surface area (Å²) in [5, 5.41) is 6.30. The summed E-state index contributed by atoms with van der Waals surface area (Å²) < 4.78 is 0. The third-order valence-corrected chi connectivity index (χ3v) is 2.48. The van der Waals surface area contributed by atoms with Crippen molar-refractivity contribution in [2.75, 3.05) is 5.73 Å². The standard InChI is InChI=1S/C11H19N3O/c1-2-3-4-5-6-7-10(15)9-8-13-14-11(9)12/h8H,2-7H2,1H3,(H3,12,13,14). The predicted molar refractivity (Wildman–Crippen MR) is 60.7 cm³/mol. The van der Waals surface area contributed by atoms with Crippen LogP contribution in [0.5, 0.6) is 0 Å². The fourth-order valence-corrected chi connectivity index (χ4v) is 1.54. The quantitative estimate of drug-likeness (QED) is 0.535. The van der Waals surface area contributed by atoms with E-state index in [1.165, 1.54) is 25.5 Å². The lowest BCUT2D eigenvalue weighted by Gasteiger charge is -1.99. The van der Waals surface area contributed by atoms with Crippen molar-refractivity contribution in [3.63, 3.8) is 0 Å². The molecule has 1 aromatic rings. The van der Waals surface area contributed by atoms with Crippen LogP contribution in [0.2, 0.25) is 0 Å². The molecule has 0 spiro atoms. The lowest BCUT2D eigenvalue weighted by molar-refractivity contribution is 0.0980. The number of carbonyl (C=O) groups excluding carboxylic acids is 1. The molecule has 0 unspecified atom stereocenters. The van der Waals surface area contributed by atoms with Gasteiger partial charge in [0.25, 0.3) is 0 Å². The highest BCUT2D eigenvalue weighted by molar-refractivity contribution is 5.99. The van der Waals surface area contributed by atoms with Gasteiger partial charge in [-0.2, -0.15) is 5.10 Å². The Labute approximate surface area is 90.2 Å². The summed E-state index contributed by atoms with van der Waals surface area (Å²) >= 11 is 0. The third-order valence-electron chi connectivity index (χ3n) is 2.48. The van der Waals surface area contributed by atoms with E-state index in [0.29, 0.717) is 17.8 Å². The van der Waals surface area contributed by atoms with E-state index < -0.39 is 0 Å².